The first-order valence-corrected chi connectivity index (χ1v) is 6.74. The summed E-state index contributed by atoms with van der Waals surface area (Å²) in [7, 11) is 0. The van der Waals surface area contributed by atoms with E-state index in [0.717, 1.165) is 31.4 Å². The molecule has 0 bridgehead atoms. The molecule has 0 aliphatic heterocycles. The molecule has 1 aliphatic carbocycles. The van der Waals surface area contributed by atoms with Crippen molar-refractivity contribution in [3.05, 3.63) is 17.8 Å². The molecule has 0 spiro atoms. The van der Waals surface area contributed by atoms with Crippen LogP contribution in [0.3, 0.4) is 0 Å². The fourth-order valence-corrected chi connectivity index (χ4v) is 2.57. The van der Waals surface area contributed by atoms with Crippen LogP contribution in [0.25, 0.3) is 0 Å². The number of rotatable bonds is 3. The fourth-order valence-electron chi connectivity index (χ4n) is 2.57. The van der Waals surface area contributed by atoms with Crippen LogP contribution < -0.4 is 11.1 Å². The van der Waals surface area contributed by atoms with Crippen LogP contribution in [0.15, 0.2) is 12.1 Å². The van der Waals surface area contributed by atoms with E-state index in [4.69, 9.17) is 5.73 Å². The monoisotopic (exact) mass is 263 g/mol. The molecule has 5 nitrogen and oxygen atoms in total. The Labute approximate surface area is 113 Å². The van der Waals surface area contributed by atoms with E-state index >= 15 is 0 Å². The number of nitrogens with zero attached hydrogens (tertiary/aromatic N) is 1. The normalized spacial score (nSPS) is 18.0. The standard InChI is InChI=1S/C14H21N3O2/c1-10-5-6-11(18)13(16-10)17-12(19)9-14(15)7-3-2-4-8-14/h5-6,18H,2-4,7-9,15H2,1H3,(H,16,17,19). The molecule has 1 aliphatic rings. The third kappa shape index (κ3) is 3.67. The SMILES string of the molecule is Cc1ccc(O)c(NC(=O)CC2(N)CCCCC2)n1. The second kappa shape index (κ2) is 5.57. The number of carbonyl (C=O) groups excluding carboxylic acids is 1. The molecule has 1 saturated carbocycles. The van der Waals surface area contributed by atoms with Gasteiger partial charge in [-0.05, 0) is 31.9 Å². The summed E-state index contributed by atoms with van der Waals surface area (Å²) in [5.41, 5.74) is 6.58. The third-order valence-electron chi connectivity index (χ3n) is 3.63. The van der Waals surface area contributed by atoms with Crippen LogP contribution in [0.4, 0.5) is 5.82 Å². The predicted molar refractivity (Wildman–Crippen MR) is 73.9 cm³/mol. The maximum atomic E-state index is 12.0. The van der Waals surface area contributed by atoms with Gasteiger partial charge in [-0.3, -0.25) is 4.79 Å². The van der Waals surface area contributed by atoms with E-state index in [2.05, 4.69) is 10.3 Å². The summed E-state index contributed by atoms with van der Waals surface area (Å²) in [5.74, 6) is 0.0101. The van der Waals surface area contributed by atoms with Gasteiger partial charge in [-0.25, -0.2) is 4.98 Å². The molecule has 1 heterocycles. The van der Waals surface area contributed by atoms with Gasteiger partial charge in [0.25, 0.3) is 0 Å². The van der Waals surface area contributed by atoms with E-state index in [-0.39, 0.29) is 23.9 Å². The van der Waals surface area contributed by atoms with E-state index in [1.54, 1.807) is 13.0 Å². The lowest BCUT2D eigenvalue weighted by atomic mass is 9.80. The van der Waals surface area contributed by atoms with Gasteiger partial charge in [0.2, 0.25) is 5.91 Å². The number of anilines is 1. The lowest BCUT2D eigenvalue weighted by molar-refractivity contribution is -0.117. The highest BCUT2D eigenvalue weighted by molar-refractivity contribution is 5.91. The number of aromatic hydroxyl groups is 1. The number of amides is 1. The number of pyridine rings is 1. The van der Waals surface area contributed by atoms with E-state index in [9.17, 15) is 9.90 Å². The van der Waals surface area contributed by atoms with Crippen molar-refractivity contribution in [3.8, 4) is 5.75 Å². The number of nitrogens with two attached hydrogens (primary N) is 1. The predicted octanol–water partition coefficient (Wildman–Crippen LogP) is 2.09. The molecule has 1 aromatic rings. The summed E-state index contributed by atoms with van der Waals surface area (Å²) in [5, 5.41) is 12.3. The first-order valence-electron chi connectivity index (χ1n) is 6.74. The van der Waals surface area contributed by atoms with Gasteiger partial charge in [0.1, 0.15) is 0 Å². The molecule has 0 saturated heterocycles. The smallest absolute Gasteiger partial charge is 0.227 e. The first kappa shape index (κ1) is 13.8. The lowest BCUT2D eigenvalue weighted by Crippen LogP contribution is -2.44. The van der Waals surface area contributed by atoms with Crippen LogP contribution in [-0.2, 0) is 4.79 Å². The number of aryl methyl sites for hydroxylation is 1. The van der Waals surface area contributed by atoms with Crippen molar-refractivity contribution < 1.29 is 9.90 Å². The van der Waals surface area contributed by atoms with E-state index < -0.39 is 5.54 Å². The molecule has 0 aromatic carbocycles. The highest BCUT2D eigenvalue weighted by Crippen LogP contribution is 2.29. The summed E-state index contributed by atoms with van der Waals surface area (Å²) in [4.78, 5) is 16.1. The van der Waals surface area contributed by atoms with Gasteiger partial charge in [-0.1, -0.05) is 19.3 Å². The highest BCUT2D eigenvalue weighted by atomic mass is 16.3. The largest absolute Gasteiger partial charge is 0.504 e. The minimum Gasteiger partial charge on any atom is -0.504 e. The Bertz CT molecular complexity index is 468. The zero-order valence-corrected chi connectivity index (χ0v) is 11.3. The molecule has 1 fully saturated rings. The summed E-state index contributed by atoms with van der Waals surface area (Å²) >= 11 is 0. The summed E-state index contributed by atoms with van der Waals surface area (Å²) in [6.07, 6.45) is 5.40. The van der Waals surface area contributed by atoms with Gasteiger partial charge in [0, 0.05) is 17.7 Å². The van der Waals surface area contributed by atoms with Crippen molar-refractivity contribution in [1.82, 2.24) is 4.98 Å². The zero-order chi connectivity index (χ0) is 13.9. The molecule has 19 heavy (non-hydrogen) atoms. The average molecular weight is 263 g/mol. The number of hydrogen-bond acceptors (Lipinski definition) is 4. The van der Waals surface area contributed by atoms with Crippen molar-refractivity contribution in [2.24, 2.45) is 5.73 Å². The van der Waals surface area contributed by atoms with E-state index in [1.807, 2.05) is 0 Å². The Morgan fingerprint density at radius 1 is 1.42 bits per heavy atom. The van der Waals surface area contributed by atoms with Crippen molar-refractivity contribution in [2.45, 2.75) is 51.0 Å². The highest BCUT2D eigenvalue weighted by Gasteiger charge is 2.30. The average Bonchev–Trinajstić information content (AvgIpc) is 2.34. The quantitative estimate of drug-likeness (QED) is 0.779. The van der Waals surface area contributed by atoms with Crippen LogP contribution in [0.1, 0.15) is 44.2 Å². The third-order valence-corrected chi connectivity index (χ3v) is 3.63. The second-order valence-corrected chi connectivity index (χ2v) is 5.47. The number of carbonyl (C=O) groups is 1. The van der Waals surface area contributed by atoms with Crippen molar-refractivity contribution in [2.75, 3.05) is 5.32 Å². The van der Waals surface area contributed by atoms with Gasteiger partial charge in [0.05, 0.1) is 0 Å². The lowest BCUT2D eigenvalue weighted by Gasteiger charge is -2.32. The maximum Gasteiger partial charge on any atom is 0.227 e. The summed E-state index contributed by atoms with van der Waals surface area (Å²) in [6.45, 7) is 1.81. The molecule has 5 heteroatoms. The van der Waals surface area contributed by atoms with Crippen LogP contribution in [-0.4, -0.2) is 21.5 Å². The molecule has 4 N–H and O–H groups in total. The Kier molecular flexibility index (Phi) is 4.04. The molecule has 0 atom stereocenters. The van der Waals surface area contributed by atoms with Crippen molar-refractivity contribution in [1.29, 1.82) is 0 Å². The maximum absolute atomic E-state index is 12.0. The van der Waals surface area contributed by atoms with E-state index in [1.165, 1.54) is 12.5 Å². The molecular weight excluding hydrogens is 242 g/mol. The van der Waals surface area contributed by atoms with Gasteiger partial charge in [0.15, 0.2) is 11.6 Å². The zero-order valence-electron chi connectivity index (χ0n) is 11.3. The Morgan fingerprint density at radius 2 is 2.11 bits per heavy atom. The van der Waals surface area contributed by atoms with Crippen LogP contribution in [0.2, 0.25) is 0 Å². The second-order valence-electron chi connectivity index (χ2n) is 5.47. The summed E-state index contributed by atoms with van der Waals surface area (Å²) in [6, 6.07) is 3.22. The van der Waals surface area contributed by atoms with Gasteiger partial charge >= 0.3 is 0 Å². The first-order chi connectivity index (χ1) is 8.98. The number of aromatic nitrogens is 1. The summed E-state index contributed by atoms with van der Waals surface area (Å²) < 4.78 is 0. The van der Waals surface area contributed by atoms with E-state index in [0.29, 0.717) is 0 Å². The topological polar surface area (TPSA) is 88.2 Å². The Balaban J connectivity index is 1.99. The van der Waals surface area contributed by atoms with Crippen LogP contribution in [0.5, 0.6) is 5.75 Å². The van der Waals surface area contributed by atoms with Gasteiger partial charge < -0.3 is 16.2 Å². The molecular formula is C14H21N3O2. The van der Waals surface area contributed by atoms with Gasteiger partial charge in [-0.15, -0.1) is 0 Å². The minimum atomic E-state index is -0.401. The van der Waals surface area contributed by atoms with Crippen molar-refractivity contribution >= 4 is 11.7 Å². The minimum absolute atomic E-state index is 0.0198. The Hall–Kier alpha value is -1.62. The molecule has 0 unspecified atom stereocenters. The molecule has 104 valence electrons. The molecule has 0 radical (unpaired) electrons. The Morgan fingerprint density at radius 3 is 2.79 bits per heavy atom. The fraction of sp³-hybridized carbons (Fsp3) is 0.571. The van der Waals surface area contributed by atoms with Crippen LogP contribution in [0, 0.1) is 6.92 Å². The number of nitrogens with one attached hydrogen (secondary N) is 1. The molecule has 1 amide bonds. The van der Waals surface area contributed by atoms with Gasteiger partial charge in [-0.2, -0.15) is 0 Å². The number of hydrogen-bond donors (Lipinski definition) is 3. The molecule has 1 aromatic heterocycles. The van der Waals surface area contributed by atoms with Crippen LogP contribution >= 0.6 is 0 Å². The van der Waals surface area contributed by atoms with Crippen molar-refractivity contribution in [3.63, 3.8) is 0 Å². The molecule has 2 rings (SSSR count).